The maximum atomic E-state index is 4.54. The topological polar surface area (TPSA) is 16.1 Å². The van der Waals surface area contributed by atoms with Gasteiger partial charge < -0.3 is 4.90 Å². The van der Waals surface area contributed by atoms with Crippen LogP contribution in [0.2, 0.25) is 0 Å². The normalized spacial score (nSPS) is 26.6. The summed E-state index contributed by atoms with van der Waals surface area (Å²) in [6.07, 6.45) is 5.28. The van der Waals surface area contributed by atoms with Crippen LogP contribution in [0, 0.1) is 6.92 Å². The Hall–Kier alpha value is -0.0900. The molecule has 0 amide bonds. The zero-order valence-electron chi connectivity index (χ0n) is 9.24. The van der Waals surface area contributed by atoms with E-state index in [4.69, 9.17) is 0 Å². The molecule has 15 heavy (non-hydrogen) atoms. The molecule has 2 nitrogen and oxygen atoms in total. The number of rotatable bonds is 2. The Balaban J connectivity index is 2.09. The van der Waals surface area contributed by atoms with E-state index in [0.29, 0.717) is 10.9 Å². The van der Waals surface area contributed by atoms with Crippen LogP contribution in [0.1, 0.15) is 31.4 Å². The van der Waals surface area contributed by atoms with Crippen LogP contribution in [0.3, 0.4) is 0 Å². The third-order valence-corrected chi connectivity index (χ3v) is 5.17. The van der Waals surface area contributed by atoms with Crippen LogP contribution < -0.4 is 4.90 Å². The Kier molecular flexibility index (Phi) is 3.67. The van der Waals surface area contributed by atoms with E-state index in [-0.39, 0.29) is 0 Å². The van der Waals surface area contributed by atoms with Crippen molar-refractivity contribution in [1.29, 1.82) is 0 Å². The molecule has 1 aromatic rings. The summed E-state index contributed by atoms with van der Waals surface area (Å²) >= 11 is 5.54. The second kappa shape index (κ2) is 4.83. The Morgan fingerprint density at radius 2 is 2.20 bits per heavy atom. The molecule has 2 atom stereocenters. The SMILES string of the molecule is Cc1csc(N(C)C2CCCCC2Br)n1. The maximum absolute atomic E-state index is 4.54. The zero-order chi connectivity index (χ0) is 10.8. The van der Waals surface area contributed by atoms with Gasteiger partial charge in [0.25, 0.3) is 0 Å². The Labute approximate surface area is 104 Å². The number of halogens is 1. The minimum Gasteiger partial charge on any atom is -0.347 e. The monoisotopic (exact) mass is 288 g/mol. The van der Waals surface area contributed by atoms with Crippen molar-refractivity contribution >= 4 is 32.4 Å². The molecule has 84 valence electrons. The van der Waals surface area contributed by atoms with Crippen LogP contribution >= 0.6 is 27.3 Å². The summed E-state index contributed by atoms with van der Waals surface area (Å²) in [6.45, 7) is 2.06. The molecule has 1 saturated carbocycles. The fraction of sp³-hybridized carbons (Fsp3) is 0.727. The molecule has 0 N–H and O–H groups in total. The van der Waals surface area contributed by atoms with Gasteiger partial charge in [-0.15, -0.1) is 11.3 Å². The molecular weight excluding hydrogens is 272 g/mol. The number of hydrogen-bond donors (Lipinski definition) is 0. The largest absolute Gasteiger partial charge is 0.347 e. The summed E-state index contributed by atoms with van der Waals surface area (Å²) < 4.78 is 0. The smallest absolute Gasteiger partial charge is 0.185 e. The number of anilines is 1. The highest BCUT2D eigenvalue weighted by molar-refractivity contribution is 9.09. The van der Waals surface area contributed by atoms with E-state index in [1.54, 1.807) is 11.3 Å². The number of aryl methyl sites for hydroxylation is 1. The summed E-state index contributed by atoms with van der Waals surface area (Å²) in [5, 5.41) is 3.28. The summed E-state index contributed by atoms with van der Waals surface area (Å²) in [6, 6.07) is 0.615. The van der Waals surface area contributed by atoms with E-state index < -0.39 is 0 Å². The van der Waals surface area contributed by atoms with Gasteiger partial charge in [0.1, 0.15) is 0 Å². The van der Waals surface area contributed by atoms with E-state index in [1.165, 1.54) is 25.7 Å². The van der Waals surface area contributed by atoms with Gasteiger partial charge in [0.2, 0.25) is 0 Å². The summed E-state index contributed by atoms with van der Waals surface area (Å²) in [7, 11) is 2.17. The highest BCUT2D eigenvalue weighted by Crippen LogP contribution is 2.31. The van der Waals surface area contributed by atoms with Gasteiger partial charge in [-0.25, -0.2) is 4.98 Å². The average Bonchev–Trinajstić information content (AvgIpc) is 2.65. The van der Waals surface area contributed by atoms with Gasteiger partial charge in [0, 0.05) is 23.3 Å². The number of thiazole rings is 1. The van der Waals surface area contributed by atoms with Crippen LogP contribution in [-0.4, -0.2) is 22.9 Å². The van der Waals surface area contributed by atoms with Gasteiger partial charge in [-0.1, -0.05) is 28.8 Å². The van der Waals surface area contributed by atoms with E-state index >= 15 is 0 Å². The lowest BCUT2D eigenvalue weighted by atomic mass is 9.94. The molecular formula is C11H17BrN2S. The van der Waals surface area contributed by atoms with Gasteiger partial charge >= 0.3 is 0 Å². The van der Waals surface area contributed by atoms with Gasteiger partial charge in [-0.3, -0.25) is 0 Å². The molecule has 0 saturated heterocycles. The molecule has 0 spiro atoms. The molecule has 0 bridgehead atoms. The molecule has 1 fully saturated rings. The van der Waals surface area contributed by atoms with Crippen LogP contribution in [-0.2, 0) is 0 Å². The number of aromatic nitrogens is 1. The molecule has 1 heterocycles. The number of nitrogens with zero attached hydrogens (tertiary/aromatic N) is 2. The Morgan fingerprint density at radius 3 is 2.80 bits per heavy atom. The quantitative estimate of drug-likeness (QED) is 0.773. The van der Waals surface area contributed by atoms with Crippen LogP contribution in [0.4, 0.5) is 5.13 Å². The molecule has 1 aliphatic carbocycles. The molecule has 0 aromatic carbocycles. The summed E-state index contributed by atoms with van der Waals surface area (Å²) in [5.41, 5.74) is 1.13. The first kappa shape index (κ1) is 11.4. The first-order chi connectivity index (χ1) is 7.18. The lowest BCUT2D eigenvalue weighted by Crippen LogP contribution is -2.40. The van der Waals surface area contributed by atoms with Crippen LogP contribution in [0.25, 0.3) is 0 Å². The highest BCUT2D eigenvalue weighted by atomic mass is 79.9. The number of hydrogen-bond acceptors (Lipinski definition) is 3. The molecule has 2 rings (SSSR count). The predicted octanol–water partition coefficient (Wildman–Crippen LogP) is 3.59. The Bertz CT molecular complexity index is 326. The van der Waals surface area contributed by atoms with Gasteiger partial charge in [0.15, 0.2) is 5.13 Å². The van der Waals surface area contributed by atoms with Crippen molar-refractivity contribution in [3.8, 4) is 0 Å². The lowest BCUT2D eigenvalue weighted by Gasteiger charge is -2.34. The van der Waals surface area contributed by atoms with Crippen molar-refractivity contribution in [2.45, 2.75) is 43.5 Å². The zero-order valence-corrected chi connectivity index (χ0v) is 11.6. The highest BCUT2D eigenvalue weighted by Gasteiger charge is 2.27. The standard InChI is InChI=1S/C11H17BrN2S/c1-8-7-15-11(13-8)14(2)10-6-4-3-5-9(10)12/h7,9-10H,3-6H2,1-2H3. The van der Waals surface area contributed by atoms with Gasteiger partial charge in [-0.2, -0.15) is 0 Å². The first-order valence-corrected chi connectivity index (χ1v) is 7.27. The summed E-state index contributed by atoms with van der Waals surface area (Å²) in [4.78, 5) is 7.51. The molecule has 2 unspecified atom stereocenters. The van der Waals surface area contributed by atoms with Crippen molar-refractivity contribution < 1.29 is 0 Å². The van der Waals surface area contributed by atoms with Crippen molar-refractivity contribution in [2.75, 3.05) is 11.9 Å². The second-order valence-electron chi connectivity index (χ2n) is 4.25. The van der Waals surface area contributed by atoms with E-state index in [1.807, 2.05) is 0 Å². The third kappa shape index (κ3) is 2.53. The van der Waals surface area contributed by atoms with Gasteiger partial charge in [0.05, 0.1) is 5.69 Å². The molecule has 4 heteroatoms. The minimum atomic E-state index is 0.615. The van der Waals surface area contributed by atoms with Crippen molar-refractivity contribution in [2.24, 2.45) is 0 Å². The molecule has 1 aromatic heterocycles. The minimum absolute atomic E-state index is 0.615. The first-order valence-electron chi connectivity index (χ1n) is 5.47. The fourth-order valence-electron chi connectivity index (χ4n) is 2.15. The molecule has 0 radical (unpaired) electrons. The maximum Gasteiger partial charge on any atom is 0.185 e. The van der Waals surface area contributed by atoms with Crippen molar-refractivity contribution in [3.63, 3.8) is 0 Å². The van der Waals surface area contributed by atoms with Crippen molar-refractivity contribution in [1.82, 2.24) is 4.98 Å². The third-order valence-electron chi connectivity index (χ3n) is 3.05. The molecule has 1 aliphatic rings. The van der Waals surface area contributed by atoms with E-state index in [2.05, 4.69) is 45.2 Å². The van der Waals surface area contributed by atoms with Crippen LogP contribution in [0.15, 0.2) is 5.38 Å². The molecule has 0 aliphatic heterocycles. The average molecular weight is 289 g/mol. The Morgan fingerprint density at radius 1 is 1.47 bits per heavy atom. The second-order valence-corrected chi connectivity index (χ2v) is 6.26. The van der Waals surface area contributed by atoms with Gasteiger partial charge in [-0.05, 0) is 19.8 Å². The van der Waals surface area contributed by atoms with E-state index in [0.717, 1.165) is 10.8 Å². The van der Waals surface area contributed by atoms with E-state index in [9.17, 15) is 0 Å². The fourth-order valence-corrected chi connectivity index (χ4v) is 3.92. The van der Waals surface area contributed by atoms with Crippen molar-refractivity contribution in [3.05, 3.63) is 11.1 Å². The predicted molar refractivity (Wildman–Crippen MR) is 70.2 cm³/mol. The summed E-state index contributed by atoms with van der Waals surface area (Å²) in [5.74, 6) is 0. The lowest BCUT2D eigenvalue weighted by molar-refractivity contribution is 0.443. The van der Waals surface area contributed by atoms with Crippen LogP contribution in [0.5, 0.6) is 0 Å². The number of alkyl halides is 1.